The minimum absolute atomic E-state index is 0.304. The molecule has 0 unspecified atom stereocenters. The number of fused-ring (bicyclic) bond motifs is 1. The van der Waals surface area contributed by atoms with Gasteiger partial charge in [-0.3, -0.25) is 0 Å². The first-order chi connectivity index (χ1) is 12.8. The summed E-state index contributed by atoms with van der Waals surface area (Å²) in [5.41, 5.74) is 2.31. The van der Waals surface area contributed by atoms with Crippen molar-refractivity contribution >= 4 is 5.96 Å². The Labute approximate surface area is 154 Å². The molecule has 0 atom stereocenters. The van der Waals surface area contributed by atoms with Crippen LogP contribution in [0.4, 0.5) is 0 Å². The maximum absolute atomic E-state index is 5.42. The van der Waals surface area contributed by atoms with E-state index in [1.165, 1.54) is 5.56 Å². The highest BCUT2D eigenvalue weighted by Crippen LogP contribution is 2.32. The molecule has 3 rings (SSSR count). The van der Waals surface area contributed by atoms with E-state index in [-0.39, 0.29) is 0 Å². The normalized spacial score (nSPS) is 12.8. The first-order valence-corrected chi connectivity index (χ1v) is 8.82. The van der Waals surface area contributed by atoms with E-state index < -0.39 is 0 Å². The van der Waals surface area contributed by atoms with Gasteiger partial charge in [-0.15, -0.1) is 0 Å². The lowest BCUT2D eigenvalue weighted by atomic mass is 10.1. The second-order valence-electron chi connectivity index (χ2n) is 5.91. The molecule has 0 spiro atoms. The van der Waals surface area contributed by atoms with E-state index in [9.17, 15) is 0 Å². The standard InChI is InChI=1S/C20H25N3O3/c1-3-21-20(23-13-16-5-4-6-17(11-16)24-2)22-10-9-15-7-8-18-19(12-15)26-14-25-18/h4-8,11-12H,3,9-10,13-14H2,1-2H3,(H2,21,22,23). The largest absolute Gasteiger partial charge is 0.497 e. The van der Waals surface area contributed by atoms with Crippen LogP contribution in [0.15, 0.2) is 47.5 Å². The summed E-state index contributed by atoms with van der Waals surface area (Å²) in [7, 11) is 1.67. The van der Waals surface area contributed by atoms with Gasteiger partial charge in [0.1, 0.15) is 5.75 Å². The van der Waals surface area contributed by atoms with Crippen molar-refractivity contribution in [1.82, 2.24) is 10.6 Å². The zero-order valence-electron chi connectivity index (χ0n) is 15.2. The molecule has 0 aromatic heterocycles. The molecule has 1 heterocycles. The minimum Gasteiger partial charge on any atom is -0.497 e. The molecule has 6 heteroatoms. The molecule has 2 aromatic carbocycles. The monoisotopic (exact) mass is 355 g/mol. The molecule has 2 N–H and O–H groups in total. The Hall–Kier alpha value is -2.89. The summed E-state index contributed by atoms with van der Waals surface area (Å²) in [5, 5.41) is 6.64. The van der Waals surface area contributed by atoms with Gasteiger partial charge in [-0.2, -0.15) is 0 Å². The Morgan fingerprint density at radius 1 is 1.08 bits per heavy atom. The molecule has 1 aliphatic heterocycles. The molecule has 0 radical (unpaired) electrons. The van der Waals surface area contributed by atoms with E-state index in [1.54, 1.807) is 7.11 Å². The van der Waals surface area contributed by atoms with Crippen LogP contribution in [0.2, 0.25) is 0 Å². The van der Waals surface area contributed by atoms with Gasteiger partial charge < -0.3 is 24.8 Å². The van der Waals surface area contributed by atoms with Crippen LogP contribution in [0.25, 0.3) is 0 Å². The van der Waals surface area contributed by atoms with E-state index in [0.29, 0.717) is 13.3 Å². The van der Waals surface area contributed by atoms with Crippen LogP contribution in [0.3, 0.4) is 0 Å². The van der Waals surface area contributed by atoms with Crippen LogP contribution in [0.5, 0.6) is 17.2 Å². The summed E-state index contributed by atoms with van der Waals surface area (Å²) >= 11 is 0. The van der Waals surface area contributed by atoms with E-state index in [2.05, 4.69) is 28.6 Å². The number of methoxy groups -OCH3 is 1. The maximum atomic E-state index is 5.42. The maximum Gasteiger partial charge on any atom is 0.231 e. The smallest absolute Gasteiger partial charge is 0.231 e. The van der Waals surface area contributed by atoms with Gasteiger partial charge >= 0.3 is 0 Å². The number of nitrogens with one attached hydrogen (secondary N) is 2. The fourth-order valence-corrected chi connectivity index (χ4v) is 2.70. The predicted octanol–water partition coefficient (Wildman–Crippen LogP) is 2.72. The van der Waals surface area contributed by atoms with Gasteiger partial charge in [-0.05, 0) is 48.7 Å². The molecule has 0 fully saturated rings. The number of guanidine groups is 1. The van der Waals surface area contributed by atoms with Gasteiger partial charge in [-0.1, -0.05) is 18.2 Å². The van der Waals surface area contributed by atoms with Crippen molar-refractivity contribution in [1.29, 1.82) is 0 Å². The van der Waals surface area contributed by atoms with Gasteiger partial charge in [0.05, 0.1) is 13.7 Å². The summed E-state index contributed by atoms with van der Waals surface area (Å²) in [6, 6.07) is 14.0. The Bertz CT molecular complexity index is 762. The molecule has 0 aliphatic carbocycles. The first kappa shape index (κ1) is 17.9. The second kappa shape index (κ2) is 8.99. The van der Waals surface area contributed by atoms with Gasteiger partial charge in [0.2, 0.25) is 6.79 Å². The lowest BCUT2D eigenvalue weighted by Gasteiger charge is -2.12. The number of nitrogens with zero attached hydrogens (tertiary/aromatic N) is 1. The third-order valence-electron chi connectivity index (χ3n) is 4.04. The van der Waals surface area contributed by atoms with Crippen molar-refractivity contribution in [3.8, 4) is 17.2 Å². The van der Waals surface area contributed by atoms with Gasteiger partial charge in [0.25, 0.3) is 0 Å². The third kappa shape index (κ3) is 4.81. The molecule has 1 aliphatic rings. The van der Waals surface area contributed by atoms with Crippen molar-refractivity contribution in [3.63, 3.8) is 0 Å². The van der Waals surface area contributed by atoms with Gasteiger partial charge in [0, 0.05) is 13.1 Å². The topological polar surface area (TPSA) is 64.1 Å². The predicted molar refractivity (Wildman–Crippen MR) is 102 cm³/mol. The number of rotatable bonds is 7. The average Bonchev–Trinajstić information content (AvgIpc) is 3.14. The number of aliphatic imine (C=N–C) groups is 1. The third-order valence-corrected chi connectivity index (χ3v) is 4.04. The van der Waals surface area contributed by atoms with Crippen molar-refractivity contribution in [3.05, 3.63) is 53.6 Å². The zero-order chi connectivity index (χ0) is 18.2. The zero-order valence-corrected chi connectivity index (χ0v) is 15.2. The lowest BCUT2D eigenvalue weighted by molar-refractivity contribution is 0.174. The fraction of sp³-hybridized carbons (Fsp3) is 0.350. The lowest BCUT2D eigenvalue weighted by Crippen LogP contribution is -2.38. The molecule has 6 nitrogen and oxygen atoms in total. The molecule has 0 bridgehead atoms. The first-order valence-electron chi connectivity index (χ1n) is 8.82. The van der Waals surface area contributed by atoms with E-state index >= 15 is 0 Å². The van der Waals surface area contributed by atoms with E-state index in [1.807, 2.05) is 36.4 Å². The quantitative estimate of drug-likeness (QED) is 0.591. The van der Waals surface area contributed by atoms with Crippen LogP contribution in [-0.4, -0.2) is 33.0 Å². The molecule has 2 aromatic rings. The fourth-order valence-electron chi connectivity index (χ4n) is 2.70. The highest BCUT2D eigenvalue weighted by molar-refractivity contribution is 5.79. The Balaban J connectivity index is 1.54. The SMILES string of the molecule is CCNC(=NCc1cccc(OC)c1)NCCc1ccc2c(c1)OCO2. The average molecular weight is 355 g/mol. The van der Waals surface area contributed by atoms with Crippen molar-refractivity contribution in [2.75, 3.05) is 27.0 Å². The van der Waals surface area contributed by atoms with Crippen LogP contribution in [-0.2, 0) is 13.0 Å². The van der Waals surface area contributed by atoms with Crippen molar-refractivity contribution in [2.24, 2.45) is 4.99 Å². The van der Waals surface area contributed by atoms with E-state index in [0.717, 1.165) is 48.3 Å². The number of hydrogen-bond acceptors (Lipinski definition) is 4. The summed E-state index contributed by atoms with van der Waals surface area (Å²) in [6.45, 7) is 4.55. The van der Waals surface area contributed by atoms with Crippen LogP contribution < -0.4 is 24.8 Å². The van der Waals surface area contributed by atoms with E-state index in [4.69, 9.17) is 14.2 Å². The Morgan fingerprint density at radius 3 is 2.81 bits per heavy atom. The Kier molecular flexibility index (Phi) is 6.19. The molecular formula is C20H25N3O3. The van der Waals surface area contributed by atoms with Gasteiger partial charge in [0.15, 0.2) is 17.5 Å². The summed E-state index contributed by atoms with van der Waals surface area (Å²) < 4.78 is 16.0. The summed E-state index contributed by atoms with van der Waals surface area (Å²) in [4.78, 5) is 4.64. The van der Waals surface area contributed by atoms with Crippen molar-refractivity contribution in [2.45, 2.75) is 19.9 Å². The second-order valence-corrected chi connectivity index (χ2v) is 5.91. The van der Waals surface area contributed by atoms with Crippen LogP contribution in [0, 0.1) is 0 Å². The number of benzene rings is 2. The molecular weight excluding hydrogens is 330 g/mol. The summed E-state index contributed by atoms with van der Waals surface area (Å²) in [5.74, 6) is 3.28. The molecule has 138 valence electrons. The minimum atomic E-state index is 0.304. The van der Waals surface area contributed by atoms with Crippen LogP contribution >= 0.6 is 0 Å². The van der Waals surface area contributed by atoms with Gasteiger partial charge in [-0.25, -0.2) is 4.99 Å². The molecule has 0 saturated heterocycles. The Morgan fingerprint density at radius 2 is 1.96 bits per heavy atom. The highest BCUT2D eigenvalue weighted by Gasteiger charge is 2.12. The molecule has 26 heavy (non-hydrogen) atoms. The van der Waals surface area contributed by atoms with Crippen molar-refractivity contribution < 1.29 is 14.2 Å². The number of ether oxygens (including phenoxy) is 3. The molecule has 0 saturated carbocycles. The summed E-state index contributed by atoms with van der Waals surface area (Å²) in [6.07, 6.45) is 0.875. The highest BCUT2D eigenvalue weighted by atomic mass is 16.7. The molecule has 0 amide bonds. The van der Waals surface area contributed by atoms with Crippen LogP contribution in [0.1, 0.15) is 18.1 Å². The number of hydrogen-bond donors (Lipinski definition) is 2.